The minimum atomic E-state index is -0.896. The number of carboxylic acid groups (broad SMARTS) is 1. The smallest absolute Gasteiger partial charge is 0.308 e. The van der Waals surface area contributed by atoms with Crippen LogP contribution in [0.3, 0.4) is 0 Å². The first kappa shape index (κ1) is 16.5. The molecule has 1 aromatic rings. The first-order valence-electron chi connectivity index (χ1n) is 7.01. The summed E-state index contributed by atoms with van der Waals surface area (Å²) in [6.07, 6.45) is 0.390. The van der Waals surface area contributed by atoms with Gasteiger partial charge in [0.25, 0.3) is 5.91 Å². The minimum absolute atomic E-state index is 0.0849. The molecule has 0 spiro atoms. The van der Waals surface area contributed by atoms with E-state index >= 15 is 0 Å². The second kappa shape index (κ2) is 6.96. The summed E-state index contributed by atoms with van der Waals surface area (Å²) in [6.45, 7) is 2.25. The second-order valence-corrected chi connectivity index (χ2v) is 5.70. The second-order valence-electron chi connectivity index (χ2n) is 5.30. The standard InChI is InChI=1S/C15H17ClFNO4/c1-9(22-13-5-4-11(17)7-12(13)16)14(19)18-6-2-3-10(8-18)15(20)21/h4-5,7,9-10H,2-3,6,8H2,1H3,(H,20,21)/t9-,10-/m0/s1. The molecule has 0 bridgehead atoms. The van der Waals surface area contributed by atoms with Gasteiger partial charge in [0.1, 0.15) is 11.6 Å². The number of likely N-dealkylation sites (tertiary alicyclic amines) is 1. The van der Waals surface area contributed by atoms with E-state index in [0.29, 0.717) is 19.4 Å². The number of carbonyl (C=O) groups excluding carboxylic acids is 1. The Bertz CT molecular complexity index is 581. The normalized spacial score (nSPS) is 19.6. The summed E-state index contributed by atoms with van der Waals surface area (Å²) >= 11 is 5.86. The minimum Gasteiger partial charge on any atom is -0.481 e. The van der Waals surface area contributed by atoms with Crippen molar-refractivity contribution in [3.8, 4) is 5.75 Å². The number of benzene rings is 1. The van der Waals surface area contributed by atoms with E-state index in [9.17, 15) is 14.0 Å². The fraction of sp³-hybridized carbons (Fsp3) is 0.467. The fourth-order valence-electron chi connectivity index (χ4n) is 2.45. The van der Waals surface area contributed by atoms with E-state index in [1.54, 1.807) is 6.92 Å². The zero-order chi connectivity index (χ0) is 16.3. The van der Waals surface area contributed by atoms with Gasteiger partial charge < -0.3 is 14.7 Å². The summed E-state index contributed by atoms with van der Waals surface area (Å²) in [4.78, 5) is 24.9. The lowest BCUT2D eigenvalue weighted by atomic mass is 9.98. The largest absolute Gasteiger partial charge is 0.481 e. The molecule has 120 valence electrons. The Morgan fingerprint density at radius 3 is 2.86 bits per heavy atom. The van der Waals surface area contributed by atoms with Crippen molar-refractivity contribution in [1.82, 2.24) is 4.90 Å². The Labute approximate surface area is 132 Å². The summed E-state index contributed by atoms with van der Waals surface area (Å²) in [6, 6.07) is 3.66. The molecule has 0 aromatic heterocycles. The van der Waals surface area contributed by atoms with E-state index in [1.807, 2.05) is 0 Å². The van der Waals surface area contributed by atoms with Crippen LogP contribution in [-0.4, -0.2) is 41.1 Å². The molecule has 1 heterocycles. The monoisotopic (exact) mass is 329 g/mol. The number of carbonyl (C=O) groups is 2. The third-order valence-corrected chi connectivity index (χ3v) is 3.92. The van der Waals surface area contributed by atoms with Crippen molar-refractivity contribution in [1.29, 1.82) is 0 Å². The Hall–Kier alpha value is -1.82. The molecule has 1 aliphatic rings. The quantitative estimate of drug-likeness (QED) is 0.922. The third-order valence-electron chi connectivity index (χ3n) is 3.63. The highest BCUT2D eigenvalue weighted by atomic mass is 35.5. The number of hydrogen-bond acceptors (Lipinski definition) is 3. The van der Waals surface area contributed by atoms with Gasteiger partial charge in [-0.3, -0.25) is 9.59 Å². The van der Waals surface area contributed by atoms with Crippen LogP contribution in [0.25, 0.3) is 0 Å². The first-order chi connectivity index (χ1) is 10.4. The molecule has 1 aromatic carbocycles. The Kier molecular flexibility index (Phi) is 5.24. The average molecular weight is 330 g/mol. The molecule has 1 amide bonds. The van der Waals surface area contributed by atoms with Crippen molar-refractivity contribution in [2.75, 3.05) is 13.1 Å². The lowest BCUT2D eigenvalue weighted by molar-refractivity contribution is -0.147. The number of ether oxygens (including phenoxy) is 1. The number of aliphatic carboxylic acids is 1. The molecule has 22 heavy (non-hydrogen) atoms. The number of carboxylic acids is 1. The van der Waals surface area contributed by atoms with E-state index < -0.39 is 23.8 Å². The zero-order valence-electron chi connectivity index (χ0n) is 12.1. The molecule has 0 saturated carbocycles. The number of amides is 1. The summed E-state index contributed by atoms with van der Waals surface area (Å²) in [7, 11) is 0. The maximum Gasteiger partial charge on any atom is 0.308 e. The molecule has 2 rings (SSSR count). The van der Waals surface area contributed by atoms with Crippen molar-refractivity contribution in [2.24, 2.45) is 5.92 Å². The number of nitrogens with zero attached hydrogens (tertiary/aromatic N) is 1. The molecule has 5 nitrogen and oxygen atoms in total. The summed E-state index contributed by atoms with van der Waals surface area (Å²) in [5.41, 5.74) is 0. The first-order valence-corrected chi connectivity index (χ1v) is 7.39. The molecule has 1 N–H and O–H groups in total. The fourth-order valence-corrected chi connectivity index (χ4v) is 2.66. The molecule has 0 radical (unpaired) electrons. The maximum atomic E-state index is 13.0. The van der Waals surface area contributed by atoms with Gasteiger partial charge in [0, 0.05) is 13.1 Å². The number of piperidine rings is 1. The van der Waals surface area contributed by atoms with Crippen LogP contribution in [0.4, 0.5) is 4.39 Å². The van der Waals surface area contributed by atoms with E-state index in [4.69, 9.17) is 21.4 Å². The van der Waals surface area contributed by atoms with Crippen LogP contribution in [0.2, 0.25) is 5.02 Å². The molecule has 1 saturated heterocycles. The Morgan fingerprint density at radius 1 is 1.50 bits per heavy atom. The van der Waals surface area contributed by atoms with Crippen molar-refractivity contribution in [3.05, 3.63) is 29.0 Å². The van der Waals surface area contributed by atoms with Gasteiger partial charge in [-0.1, -0.05) is 11.6 Å². The number of hydrogen-bond donors (Lipinski definition) is 1. The topological polar surface area (TPSA) is 66.8 Å². The van der Waals surface area contributed by atoms with Crippen molar-refractivity contribution >= 4 is 23.5 Å². The molecule has 7 heteroatoms. The van der Waals surface area contributed by atoms with Gasteiger partial charge in [0.2, 0.25) is 0 Å². The third kappa shape index (κ3) is 3.88. The predicted molar refractivity (Wildman–Crippen MR) is 78.4 cm³/mol. The van der Waals surface area contributed by atoms with Crippen molar-refractivity contribution in [3.63, 3.8) is 0 Å². The van der Waals surface area contributed by atoms with Gasteiger partial charge in [-0.2, -0.15) is 0 Å². The van der Waals surface area contributed by atoms with Crippen LogP contribution >= 0.6 is 11.6 Å². The summed E-state index contributed by atoms with van der Waals surface area (Å²) in [5.74, 6) is -2.01. The number of halogens is 2. The molecule has 2 atom stereocenters. The molecule has 1 fully saturated rings. The maximum absolute atomic E-state index is 13.0. The molecular weight excluding hydrogens is 313 g/mol. The van der Waals surface area contributed by atoms with E-state index in [0.717, 1.165) is 6.07 Å². The highest BCUT2D eigenvalue weighted by molar-refractivity contribution is 6.32. The van der Waals surface area contributed by atoms with Crippen LogP contribution in [0.1, 0.15) is 19.8 Å². The van der Waals surface area contributed by atoms with Crippen LogP contribution in [0.5, 0.6) is 5.75 Å². The van der Waals surface area contributed by atoms with Gasteiger partial charge in [-0.05, 0) is 38.0 Å². The molecule has 1 aliphatic heterocycles. The van der Waals surface area contributed by atoms with Crippen LogP contribution in [-0.2, 0) is 9.59 Å². The number of rotatable bonds is 4. The van der Waals surface area contributed by atoms with E-state index in [2.05, 4.69) is 0 Å². The summed E-state index contributed by atoms with van der Waals surface area (Å²) < 4.78 is 18.5. The Morgan fingerprint density at radius 2 is 2.23 bits per heavy atom. The van der Waals surface area contributed by atoms with Crippen molar-refractivity contribution < 1.29 is 23.8 Å². The molecular formula is C15H17ClFNO4. The SMILES string of the molecule is C[C@H](Oc1ccc(F)cc1Cl)C(=O)N1CCC[C@H](C(=O)O)C1. The van der Waals surface area contributed by atoms with Crippen LogP contribution in [0, 0.1) is 11.7 Å². The van der Waals surface area contributed by atoms with E-state index in [-0.39, 0.29) is 23.2 Å². The van der Waals surface area contributed by atoms with Gasteiger partial charge in [0.15, 0.2) is 6.10 Å². The lowest BCUT2D eigenvalue weighted by Gasteiger charge is -2.32. The van der Waals surface area contributed by atoms with Crippen molar-refractivity contribution in [2.45, 2.75) is 25.9 Å². The predicted octanol–water partition coefficient (Wildman–Crippen LogP) is 2.57. The van der Waals surface area contributed by atoms with Crippen LogP contribution < -0.4 is 4.74 Å². The van der Waals surface area contributed by atoms with Gasteiger partial charge in [-0.15, -0.1) is 0 Å². The van der Waals surface area contributed by atoms with Crippen LogP contribution in [0.15, 0.2) is 18.2 Å². The average Bonchev–Trinajstić information content (AvgIpc) is 2.49. The van der Waals surface area contributed by atoms with Gasteiger partial charge >= 0.3 is 5.97 Å². The summed E-state index contributed by atoms with van der Waals surface area (Å²) in [5, 5.41) is 9.14. The Balaban J connectivity index is 2.01. The van der Waals surface area contributed by atoms with Gasteiger partial charge in [0.05, 0.1) is 10.9 Å². The molecule has 0 unspecified atom stereocenters. The highest BCUT2D eigenvalue weighted by Gasteiger charge is 2.31. The van der Waals surface area contributed by atoms with E-state index in [1.165, 1.54) is 17.0 Å². The highest BCUT2D eigenvalue weighted by Crippen LogP contribution is 2.26. The zero-order valence-corrected chi connectivity index (χ0v) is 12.8. The van der Waals surface area contributed by atoms with Gasteiger partial charge in [-0.25, -0.2) is 4.39 Å². The lowest BCUT2D eigenvalue weighted by Crippen LogP contribution is -2.47. The molecule has 0 aliphatic carbocycles.